The van der Waals surface area contributed by atoms with E-state index in [1.54, 1.807) is 6.07 Å². The molecule has 3 aromatic rings. The maximum atomic E-state index is 14.1. The molecule has 1 heterocycles. The summed E-state index contributed by atoms with van der Waals surface area (Å²) in [7, 11) is 0. The predicted octanol–water partition coefficient (Wildman–Crippen LogP) is 3.36. The number of halogens is 1. The van der Waals surface area contributed by atoms with Gasteiger partial charge in [0.25, 0.3) is 5.85 Å². The monoisotopic (exact) mass is 316 g/mol. The van der Waals surface area contributed by atoms with Gasteiger partial charge >= 0.3 is 0 Å². The number of nitrogens with one attached hydrogen (secondary N) is 2. The summed E-state index contributed by atoms with van der Waals surface area (Å²) in [6.07, 6.45) is 0. The van der Waals surface area contributed by atoms with Crippen molar-refractivity contribution in [1.82, 2.24) is 10.3 Å². The summed E-state index contributed by atoms with van der Waals surface area (Å²) in [6, 6.07) is 13.5. The highest BCUT2D eigenvalue weighted by Gasteiger charge is 2.27. The van der Waals surface area contributed by atoms with E-state index in [1.807, 2.05) is 50.2 Å². The number of para-hydroxylation sites is 1. The normalized spacial score (nSPS) is 14.5. The molecule has 0 saturated heterocycles. The van der Waals surface area contributed by atoms with Crippen LogP contribution in [0.3, 0.4) is 0 Å². The van der Waals surface area contributed by atoms with Gasteiger partial charge in [-0.15, -0.1) is 0 Å². The molecule has 2 aromatic carbocycles. The minimum absolute atomic E-state index is 0.0920. The van der Waals surface area contributed by atoms with Crippen molar-refractivity contribution in [2.24, 2.45) is 0 Å². The number of aromatic nitrogens is 1. The maximum absolute atomic E-state index is 14.1. The highest BCUT2D eigenvalue weighted by Crippen LogP contribution is 2.33. The van der Waals surface area contributed by atoms with Gasteiger partial charge in [0.15, 0.2) is 0 Å². The van der Waals surface area contributed by atoms with Crippen molar-refractivity contribution in [3.05, 3.63) is 42.5 Å². The van der Waals surface area contributed by atoms with Crippen LogP contribution >= 0.6 is 0 Å². The summed E-state index contributed by atoms with van der Waals surface area (Å²) in [6.45, 7) is 3.19. The first-order valence-corrected chi connectivity index (χ1v) is 7.73. The van der Waals surface area contributed by atoms with Crippen molar-refractivity contribution >= 4 is 21.8 Å². The topological polar surface area (TPSA) is 57.3 Å². The first-order chi connectivity index (χ1) is 11.0. The fourth-order valence-electron chi connectivity index (χ4n) is 2.59. The molecular weight excluding hydrogens is 295 g/mol. The van der Waals surface area contributed by atoms with Crippen molar-refractivity contribution in [3.63, 3.8) is 0 Å². The first-order valence-electron chi connectivity index (χ1n) is 7.73. The van der Waals surface area contributed by atoms with Gasteiger partial charge in [0.2, 0.25) is 0 Å². The molecule has 1 aromatic heterocycles. The number of benzene rings is 2. The number of aliphatic hydroxyl groups is 1. The molecule has 0 amide bonds. The van der Waals surface area contributed by atoms with Gasteiger partial charge in [-0.1, -0.05) is 38.1 Å². The van der Waals surface area contributed by atoms with Crippen LogP contribution in [-0.4, -0.2) is 35.1 Å². The molecule has 0 radical (unpaired) electrons. The van der Waals surface area contributed by atoms with E-state index < -0.39 is 12.5 Å². The lowest BCUT2D eigenvalue weighted by molar-refractivity contribution is -0.113. The fourth-order valence-corrected chi connectivity index (χ4v) is 2.59. The van der Waals surface area contributed by atoms with Crippen LogP contribution in [0.15, 0.2) is 42.5 Å². The van der Waals surface area contributed by atoms with Crippen LogP contribution in [-0.2, 0) is 0 Å². The van der Waals surface area contributed by atoms with Crippen LogP contribution in [0.25, 0.3) is 21.8 Å². The lowest BCUT2D eigenvalue weighted by Crippen LogP contribution is -2.43. The first kappa shape index (κ1) is 15.8. The smallest absolute Gasteiger partial charge is 0.253 e. The van der Waals surface area contributed by atoms with Crippen molar-refractivity contribution in [2.75, 3.05) is 13.2 Å². The number of hydrogen-bond donors (Lipinski definition) is 3. The number of fused-ring (bicyclic) bond motifs is 3. The van der Waals surface area contributed by atoms with Crippen LogP contribution in [0, 0.1) is 0 Å². The quantitative estimate of drug-likeness (QED) is 0.653. The summed E-state index contributed by atoms with van der Waals surface area (Å²) < 4.78 is 19.7. The highest BCUT2D eigenvalue weighted by atomic mass is 19.2. The number of rotatable bonds is 6. The lowest BCUT2D eigenvalue weighted by atomic mass is 10.1. The number of aromatic amines is 1. The fraction of sp³-hybridized carbons (Fsp3) is 0.333. The molecule has 0 fully saturated rings. The van der Waals surface area contributed by atoms with Crippen LogP contribution in [0.4, 0.5) is 4.39 Å². The minimum Gasteiger partial charge on any atom is -0.487 e. The van der Waals surface area contributed by atoms with Gasteiger partial charge in [0.1, 0.15) is 12.4 Å². The van der Waals surface area contributed by atoms with E-state index in [0.717, 1.165) is 21.8 Å². The van der Waals surface area contributed by atoms with Crippen molar-refractivity contribution in [2.45, 2.75) is 25.7 Å². The van der Waals surface area contributed by atoms with Gasteiger partial charge in [0.05, 0.1) is 12.1 Å². The summed E-state index contributed by atoms with van der Waals surface area (Å²) in [4.78, 5) is 3.31. The molecule has 0 aliphatic carbocycles. The zero-order valence-electron chi connectivity index (χ0n) is 13.3. The van der Waals surface area contributed by atoms with Crippen molar-refractivity contribution < 1.29 is 14.2 Å². The van der Waals surface area contributed by atoms with Crippen molar-refractivity contribution in [3.8, 4) is 5.75 Å². The number of hydrogen-bond acceptors (Lipinski definition) is 3. The molecule has 0 saturated carbocycles. The number of H-pyrrole nitrogens is 1. The highest BCUT2D eigenvalue weighted by molar-refractivity contribution is 6.10. The van der Waals surface area contributed by atoms with E-state index in [1.165, 1.54) is 0 Å². The molecule has 0 aliphatic rings. The zero-order chi connectivity index (χ0) is 16.4. The Morgan fingerprint density at radius 1 is 1.17 bits per heavy atom. The van der Waals surface area contributed by atoms with E-state index in [0.29, 0.717) is 5.75 Å². The average molecular weight is 316 g/mol. The Labute approximate surface area is 134 Å². The third kappa shape index (κ3) is 3.46. The molecular formula is C18H21FN2O2. The van der Waals surface area contributed by atoms with Crippen molar-refractivity contribution in [1.29, 1.82) is 0 Å². The molecule has 122 valence electrons. The van der Waals surface area contributed by atoms with Gasteiger partial charge in [-0.05, 0) is 18.2 Å². The maximum Gasteiger partial charge on any atom is 0.253 e. The molecule has 23 heavy (non-hydrogen) atoms. The van der Waals surface area contributed by atoms with Gasteiger partial charge in [-0.3, -0.25) is 0 Å². The largest absolute Gasteiger partial charge is 0.487 e. The minimum atomic E-state index is -2.42. The Balaban J connectivity index is 1.86. The third-order valence-electron chi connectivity index (χ3n) is 3.72. The van der Waals surface area contributed by atoms with Gasteiger partial charge in [-0.2, -0.15) is 0 Å². The number of alkyl halides is 1. The molecule has 3 rings (SSSR count). The molecule has 0 aliphatic heterocycles. The Hall–Kier alpha value is -2.11. The summed E-state index contributed by atoms with van der Waals surface area (Å²) in [5, 5.41) is 14.6. The molecule has 4 nitrogen and oxygen atoms in total. The SMILES string of the molecule is CC(C)NCC(O)(F)COc1cccc2[nH]c3ccccc3c12. The van der Waals surface area contributed by atoms with Crippen LogP contribution in [0.1, 0.15) is 13.8 Å². The second-order valence-corrected chi connectivity index (χ2v) is 6.09. The van der Waals surface area contributed by atoms with Crippen LogP contribution in [0.5, 0.6) is 5.75 Å². The van der Waals surface area contributed by atoms with Crippen LogP contribution in [0.2, 0.25) is 0 Å². The molecule has 1 unspecified atom stereocenters. The standard InChI is InChI=1S/C18H21FN2O2/c1-12(2)20-10-18(19,22)11-23-16-9-5-8-15-17(16)13-6-3-4-7-14(13)21-15/h3-9,12,20-22H,10-11H2,1-2H3. The van der Waals surface area contributed by atoms with E-state index in [9.17, 15) is 9.50 Å². The van der Waals surface area contributed by atoms with E-state index in [4.69, 9.17) is 4.74 Å². The van der Waals surface area contributed by atoms with E-state index >= 15 is 0 Å². The Bertz CT molecular complexity index is 811. The predicted molar refractivity (Wildman–Crippen MR) is 90.5 cm³/mol. The molecule has 1 atom stereocenters. The molecule has 5 heteroatoms. The molecule has 0 bridgehead atoms. The Morgan fingerprint density at radius 3 is 2.70 bits per heavy atom. The lowest BCUT2D eigenvalue weighted by Gasteiger charge is -2.21. The van der Waals surface area contributed by atoms with E-state index in [-0.39, 0.29) is 12.6 Å². The summed E-state index contributed by atoms with van der Waals surface area (Å²) in [5.74, 6) is -1.86. The van der Waals surface area contributed by atoms with Gasteiger partial charge < -0.3 is 20.1 Å². The Morgan fingerprint density at radius 2 is 1.91 bits per heavy atom. The summed E-state index contributed by atoms with van der Waals surface area (Å²) >= 11 is 0. The number of ether oxygens (including phenoxy) is 1. The molecule has 0 spiro atoms. The van der Waals surface area contributed by atoms with Gasteiger partial charge in [-0.25, -0.2) is 4.39 Å². The Kier molecular flexibility index (Phi) is 4.24. The third-order valence-corrected chi connectivity index (χ3v) is 3.72. The average Bonchev–Trinajstić information content (AvgIpc) is 2.90. The molecule has 3 N–H and O–H groups in total. The second-order valence-electron chi connectivity index (χ2n) is 6.09. The summed E-state index contributed by atoms with van der Waals surface area (Å²) in [5.41, 5.74) is 1.92. The van der Waals surface area contributed by atoms with Gasteiger partial charge in [0, 0.05) is 22.3 Å². The zero-order valence-corrected chi connectivity index (χ0v) is 13.3. The van der Waals surface area contributed by atoms with Crippen LogP contribution < -0.4 is 10.1 Å². The second kappa shape index (κ2) is 6.18. The van der Waals surface area contributed by atoms with E-state index in [2.05, 4.69) is 10.3 Å².